The van der Waals surface area contributed by atoms with Crippen LogP contribution in [0.3, 0.4) is 0 Å². The molecule has 0 saturated heterocycles. The van der Waals surface area contributed by atoms with Crippen LogP contribution in [0.15, 0.2) is 11.2 Å². The summed E-state index contributed by atoms with van der Waals surface area (Å²) in [7, 11) is -3.50. The highest BCUT2D eigenvalue weighted by molar-refractivity contribution is 7.89. The number of H-pyrrole nitrogens is 1. The standard InChI is InChI=1S/C13H24N4O2S/c1-4-5-14-7-10-8-15-17-12(10)20(18,19)16-9-11-6-13(11,2)3/h8,11,14,16H,4-7,9H2,1-3H3,(H,15,17). The lowest BCUT2D eigenvalue weighted by Crippen LogP contribution is -2.28. The minimum Gasteiger partial charge on any atom is -0.313 e. The molecule has 114 valence electrons. The Labute approximate surface area is 120 Å². The van der Waals surface area contributed by atoms with E-state index >= 15 is 0 Å². The molecule has 3 N–H and O–H groups in total. The topological polar surface area (TPSA) is 86.9 Å². The molecule has 1 aliphatic carbocycles. The summed E-state index contributed by atoms with van der Waals surface area (Å²) in [6, 6.07) is 0. The van der Waals surface area contributed by atoms with E-state index in [1.165, 1.54) is 0 Å². The fourth-order valence-electron chi connectivity index (χ4n) is 2.26. The van der Waals surface area contributed by atoms with Crippen molar-refractivity contribution in [3.63, 3.8) is 0 Å². The van der Waals surface area contributed by atoms with Crippen LogP contribution in [0.2, 0.25) is 0 Å². The van der Waals surface area contributed by atoms with E-state index in [0.717, 1.165) is 19.4 Å². The largest absolute Gasteiger partial charge is 0.313 e. The van der Waals surface area contributed by atoms with Crippen LogP contribution in [0.5, 0.6) is 0 Å². The van der Waals surface area contributed by atoms with E-state index in [-0.39, 0.29) is 10.4 Å². The molecule has 1 aliphatic rings. The molecule has 0 amide bonds. The van der Waals surface area contributed by atoms with Crippen molar-refractivity contribution >= 4 is 10.0 Å². The maximum absolute atomic E-state index is 12.3. The molecule has 2 rings (SSSR count). The SMILES string of the molecule is CCCNCc1cn[nH]c1S(=O)(=O)NCC1CC1(C)C. The maximum atomic E-state index is 12.3. The van der Waals surface area contributed by atoms with E-state index in [2.05, 4.69) is 41.0 Å². The van der Waals surface area contributed by atoms with Gasteiger partial charge in [0, 0.05) is 18.7 Å². The van der Waals surface area contributed by atoms with Gasteiger partial charge in [0.25, 0.3) is 10.0 Å². The Morgan fingerprint density at radius 1 is 1.50 bits per heavy atom. The Bertz CT molecular complexity index is 550. The van der Waals surface area contributed by atoms with E-state index in [0.29, 0.717) is 24.6 Å². The number of nitrogens with one attached hydrogen (secondary N) is 3. The normalized spacial score (nSPS) is 21.1. The van der Waals surface area contributed by atoms with E-state index in [9.17, 15) is 8.42 Å². The summed E-state index contributed by atoms with van der Waals surface area (Å²) in [5.41, 5.74) is 0.947. The molecule has 0 aliphatic heterocycles. The number of nitrogens with zero attached hydrogens (tertiary/aromatic N) is 1. The third-order valence-corrected chi connectivity index (χ3v) is 5.36. The number of sulfonamides is 1. The summed E-state index contributed by atoms with van der Waals surface area (Å²) in [6.45, 7) is 8.24. The predicted octanol–water partition coefficient (Wildman–Crippen LogP) is 1.23. The molecule has 1 fully saturated rings. The van der Waals surface area contributed by atoms with Crippen molar-refractivity contribution in [3.8, 4) is 0 Å². The van der Waals surface area contributed by atoms with Crippen LogP contribution in [0.1, 0.15) is 39.2 Å². The Morgan fingerprint density at radius 3 is 2.80 bits per heavy atom. The molecule has 1 saturated carbocycles. The minimum atomic E-state index is -3.50. The molecule has 1 unspecified atom stereocenters. The lowest BCUT2D eigenvalue weighted by Gasteiger charge is -2.08. The van der Waals surface area contributed by atoms with Gasteiger partial charge in [-0.3, -0.25) is 5.10 Å². The van der Waals surface area contributed by atoms with Gasteiger partial charge in [-0.25, -0.2) is 13.1 Å². The molecule has 6 nitrogen and oxygen atoms in total. The van der Waals surface area contributed by atoms with E-state index in [1.807, 2.05) is 0 Å². The van der Waals surface area contributed by atoms with Gasteiger partial charge in [0.2, 0.25) is 0 Å². The maximum Gasteiger partial charge on any atom is 0.257 e. The van der Waals surface area contributed by atoms with Crippen LogP contribution in [-0.4, -0.2) is 31.7 Å². The van der Waals surface area contributed by atoms with Crippen LogP contribution >= 0.6 is 0 Å². The summed E-state index contributed by atoms with van der Waals surface area (Å²) >= 11 is 0. The van der Waals surface area contributed by atoms with Gasteiger partial charge >= 0.3 is 0 Å². The highest BCUT2D eigenvalue weighted by Gasteiger charge is 2.45. The van der Waals surface area contributed by atoms with Gasteiger partial charge in [-0.15, -0.1) is 0 Å². The quantitative estimate of drug-likeness (QED) is 0.630. The van der Waals surface area contributed by atoms with Crippen molar-refractivity contribution in [1.82, 2.24) is 20.2 Å². The average Bonchev–Trinajstić information content (AvgIpc) is 2.76. The molecular weight excluding hydrogens is 276 g/mol. The Hall–Kier alpha value is -0.920. The second kappa shape index (κ2) is 5.83. The van der Waals surface area contributed by atoms with Gasteiger partial charge in [-0.1, -0.05) is 20.8 Å². The van der Waals surface area contributed by atoms with Gasteiger partial charge in [0.05, 0.1) is 6.20 Å². The number of hydrogen-bond donors (Lipinski definition) is 3. The highest BCUT2D eigenvalue weighted by atomic mass is 32.2. The molecule has 0 aromatic carbocycles. The van der Waals surface area contributed by atoms with Gasteiger partial charge < -0.3 is 5.32 Å². The van der Waals surface area contributed by atoms with Crippen LogP contribution in [0.4, 0.5) is 0 Å². The zero-order valence-corrected chi connectivity index (χ0v) is 13.2. The first kappa shape index (κ1) is 15.5. The molecular formula is C13H24N4O2S. The minimum absolute atomic E-state index is 0.180. The lowest BCUT2D eigenvalue weighted by molar-refractivity contribution is 0.535. The van der Waals surface area contributed by atoms with Gasteiger partial charge in [-0.2, -0.15) is 5.10 Å². The molecule has 20 heavy (non-hydrogen) atoms. The third-order valence-electron chi connectivity index (χ3n) is 3.93. The summed E-state index contributed by atoms with van der Waals surface area (Å²) in [6.07, 6.45) is 3.65. The van der Waals surface area contributed by atoms with Crippen LogP contribution in [-0.2, 0) is 16.6 Å². The van der Waals surface area contributed by atoms with Crippen LogP contribution < -0.4 is 10.0 Å². The molecule has 1 atom stereocenters. The van der Waals surface area contributed by atoms with Crippen molar-refractivity contribution < 1.29 is 8.42 Å². The summed E-state index contributed by atoms with van der Waals surface area (Å²) < 4.78 is 27.2. The van der Waals surface area contributed by atoms with Crippen molar-refractivity contribution in [3.05, 3.63) is 11.8 Å². The van der Waals surface area contributed by atoms with Crippen molar-refractivity contribution in [1.29, 1.82) is 0 Å². The average molecular weight is 300 g/mol. The summed E-state index contributed by atoms with van der Waals surface area (Å²) in [5, 5.41) is 9.82. The third kappa shape index (κ3) is 3.59. The first-order chi connectivity index (χ1) is 9.37. The van der Waals surface area contributed by atoms with Crippen molar-refractivity contribution in [2.75, 3.05) is 13.1 Å². The number of hydrogen-bond acceptors (Lipinski definition) is 4. The first-order valence-electron chi connectivity index (χ1n) is 7.09. The summed E-state index contributed by atoms with van der Waals surface area (Å²) in [4.78, 5) is 0. The monoisotopic (exact) mass is 300 g/mol. The second-order valence-corrected chi connectivity index (χ2v) is 7.85. The smallest absolute Gasteiger partial charge is 0.257 e. The zero-order valence-electron chi connectivity index (χ0n) is 12.4. The van der Waals surface area contributed by atoms with Gasteiger partial charge in [-0.05, 0) is 30.7 Å². The molecule has 7 heteroatoms. The molecule has 1 heterocycles. The Morgan fingerprint density at radius 2 is 2.20 bits per heavy atom. The molecule has 1 aromatic rings. The fraction of sp³-hybridized carbons (Fsp3) is 0.769. The van der Waals surface area contributed by atoms with Crippen LogP contribution in [0.25, 0.3) is 0 Å². The Kier molecular flexibility index (Phi) is 4.51. The van der Waals surface area contributed by atoms with Crippen LogP contribution in [0, 0.1) is 11.3 Å². The molecule has 1 aromatic heterocycles. The van der Waals surface area contributed by atoms with E-state index in [1.54, 1.807) is 6.20 Å². The lowest BCUT2D eigenvalue weighted by atomic mass is 10.1. The zero-order chi connectivity index (χ0) is 14.8. The molecule has 0 spiro atoms. The fourth-order valence-corrected chi connectivity index (χ4v) is 3.47. The van der Waals surface area contributed by atoms with E-state index in [4.69, 9.17) is 0 Å². The molecule has 0 radical (unpaired) electrons. The predicted molar refractivity (Wildman–Crippen MR) is 77.7 cm³/mol. The number of aromatic nitrogens is 2. The Balaban J connectivity index is 1.97. The van der Waals surface area contributed by atoms with Crippen molar-refractivity contribution in [2.24, 2.45) is 11.3 Å². The number of aromatic amines is 1. The first-order valence-corrected chi connectivity index (χ1v) is 8.58. The number of rotatable bonds is 8. The highest BCUT2D eigenvalue weighted by Crippen LogP contribution is 2.51. The second-order valence-electron chi connectivity index (χ2n) is 6.14. The molecule has 0 bridgehead atoms. The summed E-state index contributed by atoms with van der Waals surface area (Å²) in [5.74, 6) is 0.432. The van der Waals surface area contributed by atoms with Gasteiger partial charge in [0.15, 0.2) is 5.03 Å². The van der Waals surface area contributed by atoms with Gasteiger partial charge in [0.1, 0.15) is 0 Å². The van der Waals surface area contributed by atoms with Crippen molar-refractivity contribution in [2.45, 2.75) is 45.2 Å². The van der Waals surface area contributed by atoms with E-state index < -0.39 is 10.0 Å².